The maximum absolute atomic E-state index is 12.0. The molecule has 4 rings (SSSR count). The molecule has 0 saturated heterocycles. The predicted molar refractivity (Wildman–Crippen MR) is 103 cm³/mol. The summed E-state index contributed by atoms with van der Waals surface area (Å²) in [4.78, 5) is 23.9. The molecule has 8 nitrogen and oxygen atoms in total. The molecular weight excluding hydrogens is 382 g/mol. The minimum atomic E-state index is -0.626. The van der Waals surface area contributed by atoms with Crippen molar-refractivity contribution in [3.8, 4) is 11.5 Å². The van der Waals surface area contributed by atoms with E-state index < -0.39 is 18.5 Å². The maximum atomic E-state index is 12.0. The number of benzene rings is 2. The molecule has 0 spiro atoms. The van der Waals surface area contributed by atoms with Gasteiger partial charge in [-0.25, -0.2) is 4.79 Å². The fraction of sp³-hybridized carbons (Fsp3) is 0.158. The Bertz CT molecular complexity index is 1060. The van der Waals surface area contributed by atoms with Gasteiger partial charge in [0.05, 0.1) is 17.4 Å². The summed E-state index contributed by atoms with van der Waals surface area (Å²) in [6.07, 6.45) is 2.84. The van der Waals surface area contributed by atoms with E-state index in [2.05, 4.69) is 14.1 Å². The van der Waals surface area contributed by atoms with Gasteiger partial charge in [-0.1, -0.05) is 12.1 Å². The number of fused-ring (bicyclic) bond motifs is 2. The van der Waals surface area contributed by atoms with Gasteiger partial charge in [-0.05, 0) is 35.9 Å². The molecular formula is C19H15N3O5S. The smallest absolute Gasteiger partial charge is 0.331 e. The van der Waals surface area contributed by atoms with E-state index in [4.69, 9.17) is 14.2 Å². The highest BCUT2D eigenvalue weighted by Gasteiger charge is 2.12. The van der Waals surface area contributed by atoms with Gasteiger partial charge in [0.2, 0.25) is 0 Å². The standard InChI is InChI=1S/C19H15N3O5S/c23-17(20-13-2-1-3-14-19(13)22-28-21-14)11-27-18(24)7-5-12-4-6-15-16(10-12)26-9-8-25-15/h1-7,10H,8-9,11H2,(H,20,23). The number of nitrogens with one attached hydrogen (secondary N) is 1. The van der Waals surface area contributed by atoms with Crippen LogP contribution in [0.4, 0.5) is 5.69 Å². The third-order valence-corrected chi connectivity index (χ3v) is 4.43. The Balaban J connectivity index is 1.31. The minimum absolute atomic E-state index is 0.404. The summed E-state index contributed by atoms with van der Waals surface area (Å²) in [5.74, 6) is 0.222. The lowest BCUT2D eigenvalue weighted by molar-refractivity contribution is -0.142. The van der Waals surface area contributed by atoms with Crippen LogP contribution in [0.2, 0.25) is 0 Å². The molecule has 0 radical (unpaired) electrons. The summed E-state index contributed by atoms with van der Waals surface area (Å²) in [7, 11) is 0. The molecule has 2 aromatic carbocycles. The molecule has 2 heterocycles. The third kappa shape index (κ3) is 4.09. The first-order valence-electron chi connectivity index (χ1n) is 8.45. The topological polar surface area (TPSA) is 99.6 Å². The van der Waals surface area contributed by atoms with E-state index in [0.717, 1.165) is 17.3 Å². The molecule has 0 unspecified atom stereocenters. The molecule has 1 amide bonds. The zero-order chi connectivity index (χ0) is 19.3. The van der Waals surface area contributed by atoms with Crippen molar-refractivity contribution in [2.45, 2.75) is 0 Å². The molecule has 1 aromatic heterocycles. The number of anilines is 1. The van der Waals surface area contributed by atoms with Crippen LogP contribution in [0.3, 0.4) is 0 Å². The zero-order valence-electron chi connectivity index (χ0n) is 14.6. The van der Waals surface area contributed by atoms with Gasteiger partial charge in [-0.2, -0.15) is 8.75 Å². The first kappa shape index (κ1) is 17.9. The molecule has 0 aliphatic carbocycles. The van der Waals surface area contributed by atoms with Gasteiger partial charge < -0.3 is 19.5 Å². The van der Waals surface area contributed by atoms with Crippen LogP contribution < -0.4 is 14.8 Å². The first-order valence-corrected chi connectivity index (χ1v) is 9.18. The Kier molecular flexibility index (Phi) is 5.16. The summed E-state index contributed by atoms with van der Waals surface area (Å²) in [6.45, 7) is 0.602. The first-order chi connectivity index (χ1) is 13.7. The summed E-state index contributed by atoms with van der Waals surface area (Å²) in [5, 5.41) is 2.67. The van der Waals surface area contributed by atoms with Gasteiger partial charge >= 0.3 is 5.97 Å². The van der Waals surface area contributed by atoms with Crippen molar-refractivity contribution >= 4 is 46.4 Å². The second kappa shape index (κ2) is 8.05. The Labute approximate surface area is 164 Å². The molecule has 1 aliphatic heterocycles. The van der Waals surface area contributed by atoms with Crippen molar-refractivity contribution in [3.05, 3.63) is 48.0 Å². The molecule has 0 saturated carbocycles. The van der Waals surface area contributed by atoms with Gasteiger partial charge in [-0.3, -0.25) is 4.79 Å². The lowest BCUT2D eigenvalue weighted by atomic mass is 10.2. The SMILES string of the molecule is O=C(COC(=O)C=Cc1ccc2c(c1)OCCO2)Nc1cccc2nsnc12. The highest BCUT2D eigenvalue weighted by Crippen LogP contribution is 2.31. The molecule has 1 N–H and O–H groups in total. The van der Waals surface area contributed by atoms with Crippen molar-refractivity contribution in [1.29, 1.82) is 0 Å². The molecule has 0 atom stereocenters. The van der Waals surface area contributed by atoms with Crippen molar-refractivity contribution < 1.29 is 23.8 Å². The van der Waals surface area contributed by atoms with Gasteiger partial charge in [-0.15, -0.1) is 0 Å². The molecule has 9 heteroatoms. The minimum Gasteiger partial charge on any atom is -0.486 e. The Hall–Kier alpha value is -3.46. The van der Waals surface area contributed by atoms with E-state index in [-0.39, 0.29) is 0 Å². The number of hydrogen-bond donors (Lipinski definition) is 1. The predicted octanol–water partition coefficient (Wildman–Crippen LogP) is 2.66. The Morgan fingerprint density at radius 2 is 2.00 bits per heavy atom. The second-order valence-corrected chi connectivity index (χ2v) is 6.36. The molecule has 0 fully saturated rings. The number of aromatic nitrogens is 2. The maximum Gasteiger partial charge on any atom is 0.331 e. The van der Waals surface area contributed by atoms with Crippen molar-refractivity contribution in [2.24, 2.45) is 0 Å². The van der Waals surface area contributed by atoms with E-state index >= 15 is 0 Å². The van der Waals surface area contributed by atoms with Gasteiger partial charge in [0.25, 0.3) is 5.91 Å². The Morgan fingerprint density at radius 1 is 1.14 bits per heavy atom. The average molecular weight is 397 g/mol. The number of ether oxygens (including phenoxy) is 3. The molecule has 1 aliphatic rings. The second-order valence-electron chi connectivity index (χ2n) is 5.83. The van der Waals surface area contributed by atoms with Crippen LogP contribution in [0, 0.1) is 0 Å². The van der Waals surface area contributed by atoms with Crippen molar-refractivity contribution in [1.82, 2.24) is 8.75 Å². The number of amides is 1. The normalized spacial score (nSPS) is 12.9. The van der Waals surface area contributed by atoms with E-state index in [1.54, 1.807) is 42.5 Å². The third-order valence-electron chi connectivity index (χ3n) is 3.88. The van der Waals surface area contributed by atoms with Crippen LogP contribution in [-0.4, -0.2) is 40.4 Å². The van der Waals surface area contributed by atoms with Crippen molar-refractivity contribution in [2.75, 3.05) is 25.1 Å². The molecule has 142 valence electrons. The quantitative estimate of drug-likeness (QED) is 0.522. The van der Waals surface area contributed by atoms with E-state index in [1.165, 1.54) is 6.08 Å². The van der Waals surface area contributed by atoms with Gasteiger partial charge in [0, 0.05) is 6.08 Å². The van der Waals surface area contributed by atoms with Crippen molar-refractivity contribution in [3.63, 3.8) is 0 Å². The largest absolute Gasteiger partial charge is 0.486 e. The fourth-order valence-electron chi connectivity index (χ4n) is 2.61. The number of esters is 1. The fourth-order valence-corrected chi connectivity index (χ4v) is 3.16. The van der Waals surface area contributed by atoms with Crippen LogP contribution in [0.25, 0.3) is 17.1 Å². The van der Waals surface area contributed by atoms with E-state index in [9.17, 15) is 9.59 Å². The number of rotatable bonds is 5. The number of nitrogens with zero attached hydrogens (tertiary/aromatic N) is 2. The van der Waals surface area contributed by atoms with Gasteiger partial charge in [0.15, 0.2) is 18.1 Å². The van der Waals surface area contributed by atoms with E-state index in [1.807, 2.05) is 0 Å². The highest BCUT2D eigenvalue weighted by atomic mass is 32.1. The number of carbonyl (C=O) groups excluding carboxylic acids is 2. The lowest BCUT2D eigenvalue weighted by Crippen LogP contribution is -2.20. The van der Waals surface area contributed by atoms with Crippen LogP contribution in [0.1, 0.15) is 5.56 Å². The summed E-state index contributed by atoms with van der Waals surface area (Å²) >= 11 is 1.06. The number of hydrogen-bond acceptors (Lipinski definition) is 8. The summed E-state index contributed by atoms with van der Waals surface area (Å²) in [5.41, 5.74) is 2.58. The molecule has 3 aromatic rings. The molecule has 28 heavy (non-hydrogen) atoms. The summed E-state index contributed by atoms with van der Waals surface area (Å²) in [6, 6.07) is 10.6. The Morgan fingerprint density at radius 3 is 2.89 bits per heavy atom. The molecule has 0 bridgehead atoms. The van der Waals surface area contributed by atoms with Gasteiger partial charge in [0.1, 0.15) is 24.2 Å². The van der Waals surface area contributed by atoms with Crippen LogP contribution >= 0.6 is 11.7 Å². The van der Waals surface area contributed by atoms with Crippen LogP contribution in [0.5, 0.6) is 11.5 Å². The average Bonchev–Trinajstić information content (AvgIpc) is 3.20. The monoisotopic (exact) mass is 397 g/mol. The van der Waals surface area contributed by atoms with Crippen LogP contribution in [0.15, 0.2) is 42.5 Å². The highest BCUT2D eigenvalue weighted by molar-refractivity contribution is 7.00. The number of carbonyl (C=O) groups is 2. The van der Waals surface area contributed by atoms with Crippen LogP contribution in [-0.2, 0) is 14.3 Å². The zero-order valence-corrected chi connectivity index (χ0v) is 15.4. The lowest BCUT2D eigenvalue weighted by Gasteiger charge is -2.18. The van der Waals surface area contributed by atoms with E-state index in [0.29, 0.717) is 41.4 Å². The summed E-state index contributed by atoms with van der Waals surface area (Å²) < 4.78 is 24.2.